The highest BCUT2D eigenvalue weighted by atomic mass is 79.9. The van der Waals surface area contributed by atoms with E-state index in [1.165, 1.54) is 0 Å². The Kier molecular flexibility index (Phi) is 8.83. The molecule has 0 aliphatic rings. The van der Waals surface area contributed by atoms with Crippen molar-refractivity contribution in [2.24, 2.45) is 0 Å². The number of nitrogens with one attached hydrogen (secondary N) is 2. The summed E-state index contributed by atoms with van der Waals surface area (Å²) in [6.07, 6.45) is 1.79. The van der Waals surface area contributed by atoms with Crippen molar-refractivity contribution in [1.29, 1.82) is 0 Å². The summed E-state index contributed by atoms with van der Waals surface area (Å²) < 4.78 is 11.3. The molecule has 33 heavy (non-hydrogen) atoms. The Bertz CT molecular complexity index is 1090. The van der Waals surface area contributed by atoms with Crippen LogP contribution in [0.15, 0.2) is 65.3 Å². The molecule has 172 valence electrons. The van der Waals surface area contributed by atoms with Crippen molar-refractivity contribution < 1.29 is 19.1 Å². The van der Waals surface area contributed by atoms with Crippen LogP contribution in [0.5, 0.6) is 5.75 Å². The maximum atomic E-state index is 12.3. The molecule has 2 aromatic carbocycles. The molecule has 0 aliphatic heterocycles. The summed E-state index contributed by atoms with van der Waals surface area (Å²) in [6, 6.07) is 17.4. The van der Waals surface area contributed by atoms with E-state index in [-0.39, 0.29) is 30.5 Å². The smallest absolute Gasteiger partial charge is 0.307 e. The molecule has 7 nitrogen and oxygen atoms in total. The Balaban J connectivity index is 1.71. The highest BCUT2D eigenvalue weighted by Gasteiger charge is 2.12. The Morgan fingerprint density at radius 1 is 1.06 bits per heavy atom. The first kappa shape index (κ1) is 24.3. The molecule has 8 heteroatoms. The predicted octanol–water partition coefficient (Wildman–Crippen LogP) is 4.81. The molecule has 3 rings (SSSR count). The van der Waals surface area contributed by atoms with Crippen LogP contribution >= 0.6 is 15.9 Å². The summed E-state index contributed by atoms with van der Waals surface area (Å²) in [5, 5.41) is 6.11. The van der Waals surface area contributed by atoms with E-state index >= 15 is 0 Å². The van der Waals surface area contributed by atoms with Gasteiger partial charge in [0.1, 0.15) is 11.4 Å². The van der Waals surface area contributed by atoms with Gasteiger partial charge in [0.15, 0.2) is 0 Å². The number of rotatable bonds is 10. The first-order chi connectivity index (χ1) is 16.0. The van der Waals surface area contributed by atoms with E-state index in [9.17, 15) is 9.59 Å². The Morgan fingerprint density at radius 3 is 2.52 bits per heavy atom. The number of ether oxygens (including phenoxy) is 2. The predicted molar refractivity (Wildman–Crippen MR) is 131 cm³/mol. The molecule has 2 N–H and O–H groups in total. The van der Waals surface area contributed by atoms with Gasteiger partial charge in [-0.3, -0.25) is 14.6 Å². The summed E-state index contributed by atoms with van der Waals surface area (Å²) in [4.78, 5) is 28.0. The van der Waals surface area contributed by atoms with E-state index in [2.05, 4.69) is 31.5 Å². The van der Waals surface area contributed by atoms with Crippen molar-refractivity contribution in [2.75, 3.05) is 25.6 Å². The van der Waals surface area contributed by atoms with Gasteiger partial charge >= 0.3 is 5.97 Å². The molecule has 0 spiro atoms. The number of carbonyl (C=O) groups is 2. The van der Waals surface area contributed by atoms with Gasteiger partial charge in [-0.25, -0.2) is 0 Å². The lowest BCUT2D eigenvalue weighted by Crippen LogP contribution is -2.27. The maximum absolute atomic E-state index is 12.3. The molecule has 3 aromatic rings. The molecule has 0 aliphatic carbocycles. The molecule has 0 radical (unpaired) electrons. The zero-order valence-electron chi connectivity index (χ0n) is 18.6. The first-order valence-corrected chi connectivity index (χ1v) is 11.4. The van der Waals surface area contributed by atoms with Crippen molar-refractivity contribution in [2.45, 2.75) is 19.9 Å². The van der Waals surface area contributed by atoms with Crippen molar-refractivity contribution in [3.8, 4) is 16.9 Å². The SMILES string of the molecule is CCOC(=O)CCNC(=O)c1ccc(-c2cc(OC)ccc2CNc2ccc(Br)cc2)cn1. The average Bonchev–Trinajstić information content (AvgIpc) is 2.84. The fourth-order valence-electron chi connectivity index (χ4n) is 3.16. The number of hydrogen-bond acceptors (Lipinski definition) is 6. The first-order valence-electron chi connectivity index (χ1n) is 10.6. The molecule has 0 atom stereocenters. The van der Waals surface area contributed by atoms with Crippen LogP contribution in [0.4, 0.5) is 5.69 Å². The molecule has 0 bridgehead atoms. The largest absolute Gasteiger partial charge is 0.497 e. The van der Waals surface area contributed by atoms with Gasteiger partial charge in [-0.05, 0) is 60.5 Å². The van der Waals surface area contributed by atoms with Crippen LogP contribution in [0.25, 0.3) is 11.1 Å². The third-order valence-corrected chi connectivity index (χ3v) is 5.40. The van der Waals surface area contributed by atoms with Gasteiger partial charge < -0.3 is 20.1 Å². The number of esters is 1. The second-order valence-electron chi connectivity index (χ2n) is 7.13. The van der Waals surface area contributed by atoms with Crippen LogP contribution in [0.1, 0.15) is 29.4 Å². The fourth-order valence-corrected chi connectivity index (χ4v) is 3.42. The van der Waals surface area contributed by atoms with Gasteiger partial charge in [0.2, 0.25) is 0 Å². The number of nitrogens with zero attached hydrogens (tertiary/aromatic N) is 1. The third-order valence-electron chi connectivity index (χ3n) is 4.87. The standard InChI is InChI=1S/C25H26BrN3O4/c1-3-33-24(30)12-13-27-25(31)23-11-5-18(16-29-23)22-14-21(32-2)10-4-17(22)15-28-20-8-6-19(26)7-9-20/h4-11,14,16,28H,3,12-13,15H2,1-2H3,(H,27,31). The number of hydrogen-bond donors (Lipinski definition) is 2. The number of carbonyl (C=O) groups excluding carboxylic acids is 2. The van der Waals surface area contributed by atoms with Crippen LogP contribution in [-0.4, -0.2) is 37.1 Å². The minimum atomic E-state index is -0.344. The van der Waals surface area contributed by atoms with E-state index < -0.39 is 0 Å². The summed E-state index contributed by atoms with van der Waals surface area (Å²) in [6.45, 7) is 2.87. The maximum Gasteiger partial charge on any atom is 0.307 e. The minimum absolute atomic E-state index is 0.121. The third kappa shape index (κ3) is 7.05. The van der Waals surface area contributed by atoms with Gasteiger partial charge in [-0.15, -0.1) is 0 Å². The molecule has 1 amide bonds. The zero-order valence-corrected chi connectivity index (χ0v) is 20.1. The van der Waals surface area contributed by atoms with Crippen molar-refractivity contribution in [1.82, 2.24) is 10.3 Å². The number of anilines is 1. The number of halogens is 1. The summed E-state index contributed by atoms with van der Waals surface area (Å²) in [5.41, 5.74) is 4.17. The molecular weight excluding hydrogens is 486 g/mol. The highest BCUT2D eigenvalue weighted by molar-refractivity contribution is 9.10. The van der Waals surface area contributed by atoms with Gasteiger partial charge in [-0.1, -0.05) is 28.1 Å². The zero-order chi connectivity index (χ0) is 23.6. The van der Waals surface area contributed by atoms with E-state index in [0.29, 0.717) is 13.2 Å². The van der Waals surface area contributed by atoms with Crippen molar-refractivity contribution in [3.05, 3.63) is 76.5 Å². The van der Waals surface area contributed by atoms with Gasteiger partial charge in [0.25, 0.3) is 5.91 Å². The average molecular weight is 512 g/mol. The normalized spacial score (nSPS) is 10.4. The molecule has 1 aromatic heterocycles. The topological polar surface area (TPSA) is 89.5 Å². The number of aromatic nitrogens is 1. The second-order valence-corrected chi connectivity index (χ2v) is 8.04. The van der Waals surface area contributed by atoms with E-state index in [0.717, 1.165) is 32.6 Å². The molecule has 0 saturated heterocycles. The minimum Gasteiger partial charge on any atom is -0.497 e. The van der Waals surface area contributed by atoms with Crippen LogP contribution < -0.4 is 15.4 Å². The lowest BCUT2D eigenvalue weighted by molar-refractivity contribution is -0.142. The highest BCUT2D eigenvalue weighted by Crippen LogP contribution is 2.29. The van der Waals surface area contributed by atoms with Gasteiger partial charge in [0, 0.05) is 35.0 Å². The van der Waals surface area contributed by atoms with E-state index in [4.69, 9.17) is 9.47 Å². The number of pyridine rings is 1. The van der Waals surface area contributed by atoms with Crippen molar-refractivity contribution in [3.63, 3.8) is 0 Å². The van der Waals surface area contributed by atoms with E-state index in [1.807, 2.05) is 48.5 Å². The summed E-state index contributed by atoms with van der Waals surface area (Å²) in [7, 11) is 1.63. The number of methoxy groups -OCH3 is 1. The monoisotopic (exact) mass is 511 g/mol. The molecular formula is C25H26BrN3O4. The lowest BCUT2D eigenvalue weighted by Gasteiger charge is -2.14. The fraction of sp³-hybridized carbons (Fsp3) is 0.240. The molecule has 1 heterocycles. The number of amides is 1. The van der Waals surface area contributed by atoms with Crippen molar-refractivity contribution >= 4 is 33.5 Å². The van der Waals surface area contributed by atoms with Gasteiger partial charge in [0.05, 0.1) is 20.1 Å². The van der Waals surface area contributed by atoms with Gasteiger partial charge in [-0.2, -0.15) is 0 Å². The summed E-state index contributed by atoms with van der Waals surface area (Å²) in [5.74, 6) is 0.0511. The molecule has 0 unspecified atom stereocenters. The Morgan fingerprint density at radius 2 is 1.85 bits per heavy atom. The van der Waals surface area contributed by atoms with Crippen LogP contribution in [0.2, 0.25) is 0 Å². The van der Waals surface area contributed by atoms with E-state index in [1.54, 1.807) is 26.3 Å². The van der Waals surface area contributed by atoms with Crippen LogP contribution in [0.3, 0.4) is 0 Å². The molecule has 0 saturated carbocycles. The quantitative estimate of drug-likeness (QED) is 0.379. The second kappa shape index (κ2) is 12.0. The Labute approximate surface area is 201 Å². The summed E-state index contributed by atoms with van der Waals surface area (Å²) >= 11 is 3.44. The molecule has 0 fully saturated rings. The van der Waals surface area contributed by atoms with Crippen LogP contribution in [0, 0.1) is 0 Å². The lowest BCUT2D eigenvalue weighted by atomic mass is 10.00. The Hall–Kier alpha value is -3.39. The number of benzene rings is 2. The van der Waals surface area contributed by atoms with Crippen LogP contribution in [-0.2, 0) is 16.1 Å².